The van der Waals surface area contributed by atoms with Crippen LogP contribution in [-0.4, -0.2) is 23.0 Å². The van der Waals surface area contributed by atoms with Crippen LogP contribution in [0.3, 0.4) is 0 Å². The largest absolute Gasteiger partial charge is 0.439 e. The zero-order valence-electron chi connectivity index (χ0n) is 9.15. The van der Waals surface area contributed by atoms with Crippen molar-refractivity contribution in [2.45, 2.75) is 19.4 Å². The summed E-state index contributed by atoms with van der Waals surface area (Å²) in [7, 11) is 0. The zero-order chi connectivity index (χ0) is 11.0. The fourth-order valence-electron chi connectivity index (χ4n) is 2.19. The molecule has 0 saturated carbocycles. The molecule has 4 heteroatoms. The van der Waals surface area contributed by atoms with Crippen molar-refractivity contribution in [2.24, 2.45) is 0 Å². The summed E-state index contributed by atoms with van der Waals surface area (Å²) in [5.41, 5.74) is 8.11. The molecule has 2 aromatic rings. The van der Waals surface area contributed by atoms with Crippen LogP contribution in [-0.2, 0) is 6.54 Å². The summed E-state index contributed by atoms with van der Waals surface area (Å²) < 4.78 is 5.68. The lowest BCUT2D eigenvalue weighted by Gasteiger charge is -2.10. The monoisotopic (exact) mass is 217 g/mol. The highest BCUT2D eigenvalue weighted by molar-refractivity contribution is 5.76. The third-order valence-corrected chi connectivity index (χ3v) is 3.01. The van der Waals surface area contributed by atoms with E-state index in [9.17, 15) is 0 Å². The number of anilines is 1. The molecule has 2 N–H and O–H groups in total. The molecule has 4 nitrogen and oxygen atoms in total. The van der Waals surface area contributed by atoms with E-state index < -0.39 is 0 Å². The summed E-state index contributed by atoms with van der Waals surface area (Å²) in [6, 6.07) is 5.57. The van der Waals surface area contributed by atoms with Crippen molar-refractivity contribution in [3.63, 3.8) is 0 Å². The summed E-state index contributed by atoms with van der Waals surface area (Å²) in [6.45, 7) is 3.12. The number of fused-ring (bicyclic) bond motifs is 1. The number of nitrogen functional groups attached to an aromatic ring is 1. The highest BCUT2D eigenvalue weighted by Crippen LogP contribution is 2.20. The zero-order valence-corrected chi connectivity index (χ0v) is 9.15. The van der Waals surface area contributed by atoms with Crippen LogP contribution in [0, 0.1) is 0 Å². The van der Waals surface area contributed by atoms with E-state index >= 15 is 0 Å². The molecule has 1 aromatic heterocycles. The number of hydrogen-bond donors (Lipinski definition) is 1. The predicted molar refractivity (Wildman–Crippen MR) is 62.9 cm³/mol. The van der Waals surface area contributed by atoms with Crippen molar-refractivity contribution in [3.8, 4) is 0 Å². The number of rotatable bonds is 2. The first-order valence-corrected chi connectivity index (χ1v) is 5.68. The van der Waals surface area contributed by atoms with E-state index in [2.05, 4.69) is 9.88 Å². The van der Waals surface area contributed by atoms with Crippen molar-refractivity contribution in [3.05, 3.63) is 24.1 Å². The highest BCUT2D eigenvalue weighted by atomic mass is 16.3. The Morgan fingerprint density at radius 2 is 2.12 bits per heavy atom. The van der Waals surface area contributed by atoms with Gasteiger partial charge in [-0.3, -0.25) is 4.90 Å². The molecule has 0 atom stereocenters. The molecule has 0 radical (unpaired) electrons. The summed E-state index contributed by atoms with van der Waals surface area (Å²) in [5.74, 6) is 0.794. The summed E-state index contributed by atoms with van der Waals surface area (Å²) >= 11 is 0. The molecule has 1 aromatic carbocycles. The Bertz CT molecular complexity index is 500. The first-order chi connectivity index (χ1) is 7.81. The molecular weight excluding hydrogens is 202 g/mol. The average Bonchev–Trinajstić information content (AvgIpc) is 2.86. The molecule has 0 amide bonds. The molecule has 16 heavy (non-hydrogen) atoms. The number of benzene rings is 1. The molecule has 1 fully saturated rings. The normalized spacial score (nSPS) is 17.2. The fourth-order valence-corrected chi connectivity index (χ4v) is 2.19. The maximum Gasteiger partial charge on any atom is 0.209 e. The number of hydrogen-bond acceptors (Lipinski definition) is 4. The topological polar surface area (TPSA) is 55.3 Å². The lowest BCUT2D eigenvalue weighted by atomic mass is 10.3. The van der Waals surface area contributed by atoms with E-state index in [0.717, 1.165) is 42.3 Å². The second-order valence-electron chi connectivity index (χ2n) is 4.32. The Morgan fingerprint density at radius 3 is 2.94 bits per heavy atom. The molecular formula is C12H15N3O. The van der Waals surface area contributed by atoms with E-state index in [0.29, 0.717) is 0 Å². The summed E-state index contributed by atoms with van der Waals surface area (Å²) in [4.78, 5) is 6.82. The number of likely N-dealkylation sites (tertiary alicyclic amines) is 1. The van der Waals surface area contributed by atoms with Crippen LogP contribution in [0.1, 0.15) is 18.7 Å². The van der Waals surface area contributed by atoms with Gasteiger partial charge in [0.25, 0.3) is 0 Å². The van der Waals surface area contributed by atoms with Gasteiger partial charge in [0, 0.05) is 5.69 Å². The van der Waals surface area contributed by atoms with Crippen LogP contribution < -0.4 is 5.73 Å². The van der Waals surface area contributed by atoms with Gasteiger partial charge in [-0.25, -0.2) is 4.98 Å². The Balaban J connectivity index is 1.86. The van der Waals surface area contributed by atoms with Gasteiger partial charge in [-0.05, 0) is 44.1 Å². The molecule has 1 aliphatic rings. The molecule has 1 saturated heterocycles. The Kier molecular flexibility index (Phi) is 2.29. The van der Waals surface area contributed by atoms with Crippen molar-refractivity contribution in [2.75, 3.05) is 18.8 Å². The average molecular weight is 217 g/mol. The standard InChI is InChI=1S/C12H15N3O/c13-9-3-4-11-10(7-9)14-12(16-11)8-15-5-1-2-6-15/h3-4,7H,1-2,5-6,8,13H2. The van der Waals surface area contributed by atoms with E-state index in [1.165, 1.54) is 12.8 Å². The molecule has 84 valence electrons. The first-order valence-electron chi connectivity index (χ1n) is 5.68. The Morgan fingerprint density at radius 1 is 1.31 bits per heavy atom. The van der Waals surface area contributed by atoms with Gasteiger partial charge < -0.3 is 10.2 Å². The van der Waals surface area contributed by atoms with Gasteiger partial charge in [0.1, 0.15) is 5.52 Å². The molecule has 0 spiro atoms. The molecule has 1 aliphatic heterocycles. The van der Waals surface area contributed by atoms with Gasteiger partial charge in [-0.1, -0.05) is 0 Å². The number of nitrogens with two attached hydrogens (primary N) is 1. The predicted octanol–water partition coefficient (Wildman–Crippen LogP) is 2.01. The van der Waals surface area contributed by atoms with Crippen LogP contribution in [0.2, 0.25) is 0 Å². The van der Waals surface area contributed by atoms with E-state index in [1.54, 1.807) is 0 Å². The number of oxazole rings is 1. The van der Waals surface area contributed by atoms with Crippen LogP contribution >= 0.6 is 0 Å². The molecule has 2 heterocycles. The van der Waals surface area contributed by atoms with Gasteiger partial charge >= 0.3 is 0 Å². The van der Waals surface area contributed by atoms with Gasteiger partial charge in [-0.15, -0.1) is 0 Å². The van der Waals surface area contributed by atoms with Gasteiger partial charge in [-0.2, -0.15) is 0 Å². The quantitative estimate of drug-likeness (QED) is 0.782. The molecule has 3 rings (SSSR count). The molecule has 0 aliphatic carbocycles. The van der Waals surface area contributed by atoms with Crippen LogP contribution in [0.25, 0.3) is 11.1 Å². The third-order valence-electron chi connectivity index (χ3n) is 3.01. The van der Waals surface area contributed by atoms with Gasteiger partial charge in [0.2, 0.25) is 5.89 Å². The minimum Gasteiger partial charge on any atom is -0.439 e. The van der Waals surface area contributed by atoms with E-state index in [4.69, 9.17) is 10.2 Å². The van der Waals surface area contributed by atoms with Crippen molar-refractivity contribution in [1.82, 2.24) is 9.88 Å². The summed E-state index contributed by atoms with van der Waals surface area (Å²) in [6.07, 6.45) is 2.57. The minimum atomic E-state index is 0.730. The Hall–Kier alpha value is -1.55. The second kappa shape index (κ2) is 3.79. The van der Waals surface area contributed by atoms with Crippen LogP contribution in [0.4, 0.5) is 5.69 Å². The highest BCUT2D eigenvalue weighted by Gasteiger charge is 2.15. The van der Waals surface area contributed by atoms with Gasteiger partial charge in [0.15, 0.2) is 5.58 Å². The minimum absolute atomic E-state index is 0.730. The van der Waals surface area contributed by atoms with Gasteiger partial charge in [0.05, 0.1) is 6.54 Å². The lowest BCUT2D eigenvalue weighted by Crippen LogP contribution is -2.18. The van der Waals surface area contributed by atoms with Crippen LogP contribution in [0.5, 0.6) is 0 Å². The SMILES string of the molecule is Nc1ccc2oc(CN3CCCC3)nc2c1. The number of nitrogens with zero attached hydrogens (tertiary/aromatic N) is 2. The van der Waals surface area contributed by atoms with E-state index in [-0.39, 0.29) is 0 Å². The summed E-state index contributed by atoms with van der Waals surface area (Å²) in [5, 5.41) is 0. The Labute approximate surface area is 94.0 Å². The maximum absolute atomic E-state index is 5.70. The second-order valence-corrected chi connectivity index (χ2v) is 4.32. The molecule has 0 unspecified atom stereocenters. The number of aromatic nitrogens is 1. The maximum atomic E-state index is 5.70. The molecule has 0 bridgehead atoms. The van der Waals surface area contributed by atoms with Crippen LogP contribution in [0.15, 0.2) is 22.6 Å². The van der Waals surface area contributed by atoms with Crippen molar-refractivity contribution in [1.29, 1.82) is 0 Å². The fraction of sp³-hybridized carbons (Fsp3) is 0.417. The smallest absolute Gasteiger partial charge is 0.209 e. The van der Waals surface area contributed by atoms with Crippen molar-refractivity contribution >= 4 is 16.8 Å². The lowest BCUT2D eigenvalue weighted by molar-refractivity contribution is 0.295. The third kappa shape index (κ3) is 1.76. The first kappa shape index (κ1) is 9.66. The van der Waals surface area contributed by atoms with Crippen molar-refractivity contribution < 1.29 is 4.42 Å². The van der Waals surface area contributed by atoms with E-state index in [1.807, 2.05) is 18.2 Å².